The van der Waals surface area contributed by atoms with Gasteiger partial charge in [0, 0.05) is 0 Å². The van der Waals surface area contributed by atoms with E-state index in [1.807, 2.05) is 0 Å². The molecule has 0 nitrogen and oxygen atoms in total. The van der Waals surface area contributed by atoms with Gasteiger partial charge in [0.05, 0.1) is 0 Å². The zero-order chi connectivity index (χ0) is 14.5. The highest BCUT2D eigenvalue weighted by Gasteiger charge is 2.37. The molecule has 2 aliphatic rings. The minimum absolute atomic E-state index is 0.380. The SMILES string of the molecule is CCC1CC[C@@H](CC)P1CCP1[C@H](CC)CC[C@H]1CC. The van der Waals surface area contributed by atoms with Gasteiger partial charge in [-0.1, -0.05) is 27.7 Å². The van der Waals surface area contributed by atoms with Crippen LogP contribution < -0.4 is 0 Å². The van der Waals surface area contributed by atoms with Crippen molar-refractivity contribution in [1.29, 1.82) is 0 Å². The molecule has 5 atom stereocenters. The van der Waals surface area contributed by atoms with Crippen molar-refractivity contribution in [1.82, 2.24) is 0 Å². The summed E-state index contributed by atoms with van der Waals surface area (Å²) in [5, 5.41) is 0. The predicted molar refractivity (Wildman–Crippen MR) is 98.4 cm³/mol. The third-order valence-corrected chi connectivity index (χ3v) is 14.1. The Balaban J connectivity index is 1.91. The monoisotopic (exact) mass is 314 g/mol. The summed E-state index contributed by atoms with van der Waals surface area (Å²) in [5.41, 5.74) is 4.53. The molecule has 118 valence electrons. The number of hydrogen-bond acceptors (Lipinski definition) is 0. The molecule has 2 unspecified atom stereocenters. The molecule has 0 aliphatic carbocycles. The van der Waals surface area contributed by atoms with E-state index in [9.17, 15) is 0 Å². The molecule has 0 aromatic carbocycles. The van der Waals surface area contributed by atoms with Gasteiger partial charge in [-0.05, 0) is 86.3 Å². The first-order valence-corrected chi connectivity index (χ1v) is 12.6. The number of hydrogen-bond donors (Lipinski definition) is 0. The Morgan fingerprint density at radius 3 is 1.00 bits per heavy atom. The van der Waals surface area contributed by atoms with Gasteiger partial charge < -0.3 is 0 Å². The topological polar surface area (TPSA) is 0 Å². The Hall–Kier alpha value is 0.860. The Morgan fingerprint density at radius 1 is 0.550 bits per heavy atom. The lowest BCUT2D eigenvalue weighted by Gasteiger charge is -2.30. The van der Waals surface area contributed by atoms with Crippen molar-refractivity contribution >= 4 is 15.8 Å². The minimum atomic E-state index is 0.380. The molecule has 0 bridgehead atoms. The van der Waals surface area contributed by atoms with Crippen molar-refractivity contribution in [2.75, 3.05) is 12.3 Å². The zero-order valence-electron chi connectivity index (χ0n) is 14.3. The fraction of sp³-hybridized carbons (Fsp3) is 1.00. The lowest BCUT2D eigenvalue weighted by Crippen LogP contribution is -2.12. The summed E-state index contributed by atoms with van der Waals surface area (Å²) in [5.74, 6) is 0. The van der Waals surface area contributed by atoms with Gasteiger partial charge in [0.1, 0.15) is 0 Å². The van der Waals surface area contributed by atoms with Crippen molar-refractivity contribution in [3.8, 4) is 0 Å². The van der Waals surface area contributed by atoms with Crippen LogP contribution in [0.3, 0.4) is 0 Å². The van der Waals surface area contributed by atoms with E-state index in [4.69, 9.17) is 0 Å². The predicted octanol–water partition coefficient (Wildman–Crippen LogP) is 6.65. The van der Waals surface area contributed by atoms with E-state index in [-0.39, 0.29) is 0 Å². The van der Waals surface area contributed by atoms with Gasteiger partial charge in [0.2, 0.25) is 0 Å². The lowest BCUT2D eigenvalue weighted by atomic mass is 10.1. The summed E-state index contributed by atoms with van der Waals surface area (Å²) in [6, 6.07) is 0. The fourth-order valence-electron chi connectivity index (χ4n) is 4.74. The largest absolute Gasteiger partial charge is 0.100 e. The molecular formula is C18H36P2. The molecular weight excluding hydrogens is 278 g/mol. The van der Waals surface area contributed by atoms with Crippen molar-refractivity contribution in [3.05, 3.63) is 0 Å². The summed E-state index contributed by atoms with van der Waals surface area (Å²) >= 11 is 0. The van der Waals surface area contributed by atoms with Crippen molar-refractivity contribution in [2.24, 2.45) is 0 Å². The van der Waals surface area contributed by atoms with Crippen LogP contribution in [-0.4, -0.2) is 35.0 Å². The first kappa shape index (κ1) is 17.2. The minimum Gasteiger partial charge on any atom is -0.100 e. The molecule has 20 heavy (non-hydrogen) atoms. The van der Waals surface area contributed by atoms with E-state index in [2.05, 4.69) is 27.7 Å². The normalized spacial score (nSPS) is 38.7. The fourth-order valence-corrected chi connectivity index (χ4v) is 13.0. The van der Waals surface area contributed by atoms with Gasteiger partial charge in [0.25, 0.3) is 0 Å². The highest BCUT2D eigenvalue weighted by atomic mass is 31.1. The van der Waals surface area contributed by atoms with Crippen molar-refractivity contribution < 1.29 is 0 Å². The van der Waals surface area contributed by atoms with Gasteiger partial charge in [-0.25, -0.2) is 0 Å². The smallest absolute Gasteiger partial charge is 0.0209 e. The average molecular weight is 314 g/mol. The van der Waals surface area contributed by atoms with E-state index in [1.54, 1.807) is 38.0 Å². The van der Waals surface area contributed by atoms with Crippen molar-refractivity contribution in [3.63, 3.8) is 0 Å². The number of rotatable bonds is 7. The molecule has 0 aromatic heterocycles. The molecule has 2 fully saturated rings. The van der Waals surface area contributed by atoms with E-state index in [0.717, 1.165) is 22.6 Å². The summed E-state index contributed by atoms with van der Waals surface area (Å²) in [7, 11) is 0.759. The first-order valence-electron chi connectivity index (χ1n) is 9.26. The van der Waals surface area contributed by atoms with Crippen LogP contribution in [0.2, 0.25) is 0 Å². The highest BCUT2D eigenvalue weighted by molar-refractivity contribution is 7.63. The molecule has 0 saturated carbocycles. The lowest BCUT2D eigenvalue weighted by molar-refractivity contribution is 0.696. The third-order valence-electron chi connectivity index (χ3n) is 6.04. The second-order valence-corrected chi connectivity index (χ2v) is 12.8. The maximum atomic E-state index is 2.45. The Labute approximate surface area is 130 Å². The standard InChI is InChI=1S/C18H36P2/c1-5-15-9-10-16(6-2)19(15)13-14-20-17(7-3)11-12-18(20)8-4/h15-18H,5-14H2,1-4H3/t15-,16-,17-,18?,20?/m1/s1. The van der Waals surface area contributed by atoms with E-state index >= 15 is 0 Å². The van der Waals surface area contributed by atoms with Gasteiger partial charge in [0.15, 0.2) is 0 Å². The molecule has 0 aromatic rings. The van der Waals surface area contributed by atoms with Crippen LogP contribution in [0.1, 0.15) is 79.1 Å². The highest BCUT2D eigenvalue weighted by Crippen LogP contribution is 2.63. The molecule has 2 aliphatic heterocycles. The Bertz CT molecular complexity index is 227. The Kier molecular flexibility index (Phi) is 7.30. The van der Waals surface area contributed by atoms with E-state index < -0.39 is 0 Å². The summed E-state index contributed by atoms with van der Waals surface area (Å²) < 4.78 is 0. The van der Waals surface area contributed by atoms with Crippen LogP contribution >= 0.6 is 15.8 Å². The second kappa shape index (κ2) is 8.48. The quantitative estimate of drug-likeness (QED) is 0.461. The average Bonchev–Trinajstić information content (AvgIpc) is 3.07. The van der Waals surface area contributed by atoms with Crippen molar-refractivity contribution in [2.45, 2.75) is 102 Å². The molecule has 2 heteroatoms. The molecule has 0 radical (unpaired) electrons. The van der Waals surface area contributed by atoms with E-state index in [1.165, 1.54) is 25.7 Å². The van der Waals surface area contributed by atoms with Crippen LogP contribution in [0.5, 0.6) is 0 Å². The van der Waals surface area contributed by atoms with Gasteiger partial charge >= 0.3 is 0 Å². The summed E-state index contributed by atoms with van der Waals surface area (Å²) in [4.78, 5) is 0. The molecule has 2 heterocycles. The van der Waals surface area contributed by atoms with Crippen LogP contribution in [0.4, 0.5) is 0 Å². The van der Waals surface area contributed by atoms with Crippen LogP contribution in [0.15, 0.2) is 0 Å². The van der Waals surface area contributed by atoms with Crippen LogP contribution in [0, 0.1) is 0 Å². The van der Waals surface area contributed by atoms with E-state index in [0.29, 0.717) is 15.8 Å². The summed E-state index contributed by atoms with van der Waals surface area (Å²) in [6.45, 7) is 9.79. The molecule has 0 amide bonds. The molecule has 2 saturated heterocycles. The Morgan fingerprint density at radius 2 is 0.800 bits per heavy atom. The second-order valence-electron chi connectivity index (χ2n) is 6.88. The molecule has 0 spiro atoms. The maximum Gasteiger partial charge on any atom is -0.0209 e. The zero-order valence-corrected chi connectivity index (χ0v) is 16.1. The van der Waals surface area contributed by atoms with Crippen LogP contribution in [0.25, 0.3) is 0 Å². The van der Waals surface area contributed by atoms with Gasteiger partial charge in [-0.2, -0.15) is 0 Å². The molecule has 0 N–H and O–H groups in total. The van der Waals surface area contributed by atoms with Crippen LogP contribution in [-0.2, 0) is 0 Å². The van der Waals surface area contributed by atoms with Gasteiger partial charge in [-0.3, -0.25) is 0 Å². The molecule has 2 rings (SSSR count). The summed E-state index contributed by atoms with van der Waals surface area (Å²) in [6.07, 6.45) is 15.4. The third kappa shape index (κ3) is 3.79. The first-order chi connectivity index (χ1) is 9.74. The van der Waals surface area contributed by atoms with Gasteiger partial charge in [-0.15, -0.1) is 15.8 Å². The maximum absolute atomic E-state index is 2.45.